The number of fused-ring (bicyclic) bond motifs is 5. The van der Waals surface area contributed by atoms with E-state index in [-0.39, 0.29) is 23.0 Å². The smallest absolute Gasteiger partial charge is 0.0809 e. The first-order chi connectivity index (χ1) is 13.8. The van der Waals surface area contributed by atoms with Gasteiger partial charge in [0.1, 0.15) is 0 Å². The number of aliphatic hydroxyl groups is 2. The normalized spacial score (nSPS) is 45.3. The van der Waals surface area contributed by atoms with Gasteiger partial charge in [-0.05, 0) is 91.4 Å². The van der Waals surface area contributed by atoms with E-state index in [0.717, 1.165) is 43.0 Å². The molecule has 0 radical (unpaired) electrons. The molecule has 1 aromatic carbocycles. The Labute approximate surface area is 183 Å². The molecular weight excluding hydrogens is 424 g/mol. The van der Waals surface area contributed by atoms with Crippen molar-refractivity contribution < 1.29 is 10.2 Å². The van der Waals surface area contributed by atoms with Crippen molar-refractivity contribution >= 4 is 22.0 Å². The molecule has 1 aromatic rings. The second-order valence-corrected chi connectivity index (χ2v) is 11.5. The number of benzene rings is 1. The molecule has 5 rings (SSSR count). The van der Waals surface area contributed by atoms with Gasteiger partial charge in [-0.1, -0.05) is 59.6 Å². The SMILES string of the molecule is C[C@]12CC[C@@H]3[C@H](CC=C4C[C@@H](O)CC[C@@]43C)[C@H]1C/C(=C/c1ccc(Br)cc1)[C@H]2O. The van der Waals surface area contributed by atoms with Crippen LogP contribution in [-0.4, -0.2) is 22.4 Å². The molecule has 0 amide bonds. The first-order valence-corrected chi connectivity index (χ1v) is 12.1. The lowest BCUT2D eigenvalue weighted by molar-refractivity contribution is -0.0685. The summed E-state index contributed by atoms with van der Waals surface area (Å²) in [4.78, 5) is 0. The van der Waals surface area contributed by atoms with Gasteiger partial charge in [0.15, 0.2) is 0 Å². The minimum Gasteiger partial charge on any atom is -0.393 e. The van der Waals surface area contributed by atoms with E-state index < -0.39 is 0 Å². The summed E-state index contributed by atoms with van der Waals surface area (Å²) >= 11 is 3.51. The summed E-state index contributed by atoms with van der Waals surface area (Å²) in [7, 11) is 0. The Balaban J connectivity index is 1.46. The summed E-state index contributed by atoms with van der Waals surface area (Å²) in [5.41, 5.74) is 4.18. The van der Waals surface area contributed by atoms with Crippen LogP contribution in [0.2, 0.25) is 0 Å². The fourth-order valence-electron chi connectivity index (χ4n) is 7.41. The van der Waals surface area contributed by atoms with Crippen LogP contribution in [-0.2, 0) is 0 Å². The molecule has 3 heteroatoms. The number of hydrogen-bond acceptors (Lipinski definition) is 2. The number of allylic oxidation sites excluding steroid dienone is 1. The zero-order valence-electron chi connectivity index (χ0n) is 17.6. The van der Waals surface area contributed by atoms with Crippen LogP contribution in [0.15, 0.2) is 46.0 Å². The maximum atomic E-state index is 11.4. The molecule has 156 valence electrons. The van der Waals surface area contributed by atoms with Gasteiger partial charge in [-0.2, -0.15) is 0 Å². The lowest BCUT2D eigenvalue weighted by Gasteiger charge is -2.57. The molecule has 4 aliphatic carbocycles. The van der Waals surface area contributed by atoms with Crippen LogP contribution in [0.1, 0.15) is 64.4 Å². The molecule has 7 atom stereocenters. The lowest BCUT2D eigenvalue weighted by atomic mass is 9.48. The van der Waals surface area contributed by atoms with Crippen LogP contribution in [0.25, 0.3) is 6.08 Å². The minimum atomic E-state index is -0.330. The third-order valence-corrected chi connectivity index (χ3v) is 9.70. The van der Waals surface area contributed by atoms with E-state index in [1.54, 1.807) is 0 Å². The molecule has 2 nitrogen and oxygen atoms in total. The van der Waals surface area contributed by atoms with Crippen molar-refractivity contribution in [3.05, 3.63) is 51.5 Å². The average Bonchev–Trinajstić information content (AvgIpc) is 2.95. The number of aliphatic hydroxyl groups excluding tert-OH is 2. The van der Waals surface area contributed by atoms with Crippen molar-refractivity contribution in [3.63, 3.8) is 0 Å². The van der Waals surface area contributed by atoms with Gasteiger partial charge in [0.25, 0.3) is 0 Å². The van der Waals surface area contributed by atoms with Crippen molar-refractivity contribution in [2.75, 3.05) is 0 Å². The maximum Gasteiger partial charge on any atom is 0.0809 e. The van der Waals surface area contributed by atoms with Gasteiger partial charge >= 0.3 is 0 Å². The predicted molar refractivity (Wildman–Crippen MR) is 121 cm³/mol. The quantitative estimate of drug-likeness (QED) is 0.499. The molecule has 3 fully saturated rings. The second-order valence-electron chi connectivity index (χ2n) is 10.6. The zero-order chi connectivity index (χ0) is 20.4. The van der Waals surface area contributed by atoms with Crippen LogP contribution in [0, 0.1) is 28.6 Å². The van der Waals surface area contributed by atoms with Crippen LogP contribution in [0.3, 0.4) is 0 Å². The van der Waals surface area contributed by atoms with E-state index in [4.69, 9.17) is 0 Å². The highest BCUT2D eigenvalue weighted by atomic mass is 79.9. The lowest BCUT2D eigenvalue weighted by Crippen LogP contribution is -2.51. The summed E-state index contributed by atoms with van der Waals surface area (Å²) in [5.74, 6) is 1.91. The summed E-state index contributed by atoms with van der Waals surface area (Å²) in [5, 5.41) is 21.5. The maximum absolute atomic E-state index is 11.4. The topological polar surface area (TPSA) is 40.5 Å². The molecule has 0 aliphatic heterocycles. The highest BCUT2D eigenvalue weighted by Crippen LogP contribution is 2.65. The third-order valence-electron chi connectivity index (χ3n) is 9.17. The standard InChI is InChI=1S/C26H33BrO2/c1-25-11-9-20(28)15-18(25)5-8-21-22(25)10-12-26(2)23(21)14-17(24(26)29)13-16-3-6-19(27)7-4-16/h3-7,13,20-24,28-29H,8-12,14-15H2,1-2H3/b17-13-/t20-,21-,22+,23+,24+,25-,26-/m0/s1. The van der Waals surface area contributed by atoms with Crippen molar-refractivity contribution in [1.29, 1.82) is 0 Å². The Morgan fingerprint density at radius 2 is 1.76 bits per heavy atom. The van der Waals surface area contributed by atoms with Crippen LogP contribution in [0.5, 0.6) is 0 Å². The van der Waals surface area contributed by atoms with Crippen molar-refractivity contribution in [3.8, 4) is 0 Å². The van der Waals surface area contributed by atoms with Crippen LogP contribution < -0.4 is 0 Å². The first-order valence-electron chi connectivity index (χ1n) is 11.3. The third kappa shape index (κ3) is 3.11. The van der Waals surface area contributed by atoms with E-state index in [0.29, 0.717) is 17.8 Å². The molecule has 0 heterocycles. The summed E-state index contributed by atoms with van der Waals surface area (Å²) < 4.78 is 1.09. The van der Waals surface area contributed by atoms with E-state index >= 15 is 0 Å². The molecule has 0 aromatic heterocycles. The Morgan fingerprint density at radius 1 is 1.00 bits per heavy atom. The van der Waals surface area contributed by atoms with Gasteiger partial charge in [-0.3, -0.25) is 0 Å². The van der Waals surface area contributed by atoms with E-state index in [1.165, 1.54) is 23.1 Å². The molecule has 3 saturated carbocycles. The molecular formula is C26H33BrO2. The Hall–Kier alpha value is -0.900. The highest BCUT2D eigenvalue weighted by molar-refractivity contribution is 9.10. The van der Waals surface area contributed by atoms with E-state index in [9.17, 15) is 10.2 Å². The average molecular weight is 457 g/mol. The number of hydrogen-bond donors (Lipinski definition) is 2. The van der Waals surface area contributed by atoms with Gasteiger partial charge < -0.3 is 10.2 Å². The molecule has 4 aliphatic rings. The monoisotopic (exact) mass is 456 g/mol. The Bertz CT molecular complexity index is 856. The number of halogens is 1. The first kappa shape index (κ1) is 20.0. The molecule has 0 spiro atoms. The molecule has 0 saturated heterocycles. The fourth-order valence-corrected chi connectivity index (χ4v) is 7.68. The molecule has 0 bridgehead atoms. The van der Waals surface area contributed by atoms with Crippen LogP contribution >= 0.6 is 15.9 Å². The van der Waals surface area contributed by atoms with Gasteiger partial charge in [-0.15, -0.1) is 0 Å². The Morgan fingerprint density at radius 3 is 2.52 bits per heavy atom. The molecule has 29 heavy (non-hydrogen) atoms. The van der Waals surface area contributed by atoms with Gasteiger partial charge in [0, 0.05) is 9.89 Å². The van der Waals surface area contributed by atoms with E-state index in [2.05, 4.69) is 66.2 Å². The van der Waals surface area contributed by atoms with Crippen LogP contribution in [0.4, 0.5) is 0 Å². The minimum absolute atomic E-state index is 0.00174. The van der Waals surface area contributed by atoms with Crippen molar-refractivity contribution in [1.82, 2.24) is 0 Å². The second kappa shape index (κ2) is 7.07. The summed E-state index contributed by atoms with van der Waals surface area (Å²) in [6.07, 6.45) is 11.6. The van der Waals surface area contributed by atoms with Crippen molar-refractivity contribution in [2.45, 2.75) is 71.0 Å². The van der Waals surface area contributed by atoms with Gasteiger partial charge in [0.2, 0.25) is 0 Å². The summed E-state index contributed by atoms with van der Waals surface area (Å²) in [6.45, 7) is 4.81. The molecule has 0 unspecified atom stereocenters. The fraction of sp³-hybridized carbons (Fsp3) is 0.615. The van der Waals surface area contributed by atoms with Gasteiger partial charge in [-0.25, -0.2) is 0 Å². The zero-order valence-corrected chi connectivity index (χ0v) is 19.2. The number of rotatable bonds is 1. The van der Waals surface area contributed by atoms with E-state index in [1.807, 2.05) is 0 Å². The Kier molecular flexibility index (Phi) is 4.88. The predicted octanol–water partition coefficient (Wildman–Crippen LogP) is 6.13. The highest BCUT2D eigenvalue weighted by Gasteiger charge is 2.59. The molecule has 2 N–H and O–H groups in total. The largest absolute Gasteiger partial charge is 0.393 e. The summed E-state index contributed by atoms with van der Waals surface area (Å²) in [6, 6.07) is 8.40. The van der Waals surface area contributed by atoms with Crippen molar-refractivity contribution in [2.24, 2.45) is 28.6 Å². The van der Waals surface area contributed by atoms with Gasteiger partial charge in [0.05, 0.1) is 12.2 Å².